The van der Waals surface area contributed by atoms with Crippen molar-refractivity contribution in [1.29, 1.82) is 0 Å². The predicted molar refractivity (Wildman–Crippen MR) is 96.8 cm³/mol. The lowest BCUT2D eigenvalue weighted by Gasteiger charge is -2.28. The van der Waals surface area contributed by atoms with Gasteiger partial charge in [0.15, 0.2) is 9.84 Å². The molecule has 0 bridgehead atoms. The van der Waals surface area contributed by atoms with Crippen molar-refractivity contribution in [3.8, 4) is 0 Å². The smallest absolute Gasteiger partial charge is 0.178 e. The zero-order valence-corrected chi connectivity index (χ0v) is 14.4. The quantitative estimate of drug-likeness (QED) is 0.739. The molecule has 0 radical (unpaired) electrons. The highest BCUT2D eigenvalue weighted by Crippen LogP contribution is 2.32. The number of pyridine rings is 1. The number of aliphatic hydroxyl groups is 1. The number of hydrogen-bond acceptors (Lipinski definition) is 4. The van der Waals surface area contributed by atoms with Gasteiger partial charge >= 0.3 is 0 Å². The number of aromatic nitrogens is 1. The van der Waals surface area contributed by atoms with Crippen LogP contribution >= 0.6 is 0 Å². The second-order valence-electron chi connectivity index (χ2n) is 5.82. The van der Waals surface area contributed by atoms with Gasteiger partial charge in [-0.25, -0.2) is 8.42 Å². The van der Waals surface area contributed by atoms with E-state index in [1.807, 2.05) is 18.2 Å². The van der Waals surface area contributed by atoms with Crippen molar-refractivity contribution in [1.82, 2.24) is 4.98 Å². The molecule has 1 atom stereocenters. The molecule has 4 nitrogen and oxygen atoms in total. The third-order valence-electron chi connectivity index (χ3n) is 4.17. The molecular weight excluding hydrogens is 334 g/mol. The van der Waals surface area contributed by atoms with Crippen molar-refractivity contribution in [2.75, 3.05) is 5.75 Å². The lowest BCUT2D eigenvalue weighted by Crippen LogP contribution is -2.31. The average Bonchev–Trinajstić information content (AvgIpc) is 2.68. The van der Waals surface area contributed by atoms with E-state index >= 15 is 0 Å². The number of nitrogens with zero attached hydrogens (tertiary/aromatic N) is 1. The Labute approximate surface area is 147 Å². The molecule has 1 unspecified atom stereocenters. The van der Waals surface area contributed by atoms with Crippen molar-refractivity contribution in [2.45, 2.75) is 16.9 Å². The number of sulfone groups is 1. The SMILES string of the molecule is O=S(=O)(CCC(O)(c1ccccc1)c1ccccn1)c1ccccc1. The Morgan fingerprint density at radius 2 is 1.44 bits per heavy atom. The molecule has 0 saturated heterocycles. The summed E-state index contributed by atoms with van der Waals surface area (Å²) in [5.41, 5.74) is -0.411. The minimum atomic E-state index is -3.50. The molecule has 3 aromatic rings. The van der Waals surface area contributed by atoms with Gasteiger partial charge in [-0.1, -0.05) is 54.6 Å². The highest BCUT2D eigenvalue weighted by atomic mass is 32.2. The standard InChI is InChI=1S/C20H19NO3S/c22-20(17-9-3-1-4-10-17,19-13-7-8-15-21-19)14-16-25(23,24)18-11-5-2-6-12-18/h1-13,15,22H,14,16H2. The molecule has 0 aliphatic rings. The summed E-state index contributed by atoms with van der Waals surface area (Å²) >= 11 is 0. The first kappa shape index (κ1) is 17.3. The van der Waals surface area contributed by atoms with E-state index in [1.54, 1.807) is 66.9 Å². The molecule has 0 aliphatic carbocycles. The third kappa shape index (κ3) is 3.78. The molecule has 128 valence electrons. The molecule has 5 heteroatoms. The minimum Gasteiger partial charge on any atom is -0.379 e. The van der Waals surface area contributed by atoms with Gasteiger partial charge in [-0.3, -0.25) is 4.98 Å². The maximum absolute atomic E-state index is 12.6. The van der Waals surface area contributed by atoms with Crippen molar-refractivity contribution in [3.63, 3.8) is 0 Å². The van der Waals surface area contributed by atoms with Gasteiger partial charge in [-0.05, 0) is 29.8 Å². The Balaban J connectivity index is 1.95. The summed E-state index contributed by atoms with van der Waals surface area (Å²) < 4.78 is 25.2. The molecule has 1 heterocycles. The molecule has 0 spiro atoms. The monoisotopic (exact) mass is 353 g/mol. The van der Waals surface area contributed by atoms with Gasteiger partial charge in [-0.2, -0.15) is 0 Å². The number of rotatable bonds is 6. The van der Waals surface area contributed by atoms with E-state index in [-0.39, 0.29) is 17.1 Å². The maximum Gasteiger partial charge on any atom is 0.178 e. The largest absolute Gasteiger partial charge is 0.379 e. The second-order valence-corrected chi connectivity index (χ2v) is 7.93. The molecule has 2 aromatic carbocycles. The van der Waals surface area contributed by atoms with Crippen LogP contribution in [0.25, 0.3) is 0 Å². The fraction of sp³-hybridized carbons (Fsp3) is 0.150. The Morgan fingerprint density at radius 1 is 0.840 bits per heavy atom. The molecule has 0 fully saturated rings. The summed E-state index contributed by atoms with van der Waals surface area (Å²) in [4.78, 5) is 4.51. The number of hydrogen-bond donors (Lipinski definition) is 1. The molecule has 3 rings (SSSR count). The zero-order valence-electron chi connectivity index (χ0n) is 13.6. The van der Waals surface area contributed by atoms with Crippen LogP contribution < -0.4 is 0 Å². The van der Waals surface area contributed by atoms with Gasteiger partial charge in [0.25, 0.3) is 0 Å². The van der Waals surface area contributed by atoms with Crippen LogP contribution in [0.2, 0.25) is 0 Å². The molecule has 25 heavy (non-hydrogen) atoms. The fourth-order valence-corrected chi connectivity index (χ4v) is 4.14. The van der Waals surface area contributed by atoms with Crippen LogP contribution in [-0.2, 0) is 15.4 Å². The third-order valence-corrected chi connectivity index (χ3v) is 5.91. The normalized spacial score (nSPS) is 14.0. The summed E-state index contributed by atoms with van der Waals surface area (Å²) in [5, 5.41) is 11.3. The molecule has 0 saturated carbocycles. The van der Waals surface area contributed by atoms with Crippen LogP contribution in [0.1, 0.15) is 17.7 Å². The van der Waals surface area contributed by atoms with E-state index in [4.69, 9.17) is 0 Å². The van der Waals surface area contributed by atoms with Crippen LogP contribution in [0, 0.1) is 0 Å². The Hall–Kier alpha value is -2.50. The van der Waals surface area contributed by atoms with Crippen LogP contribution in [0.4, 0.5) is 0 Å². The van der Waals surface area contributed by atoms with Crippen LogP contribution in [0.3, 0.4) is 0 Å². The summed E-state index contributed by atoms with van der Waals surface area (Å²) in [5.74, 6) is -0.182. The van der Waals surface area contributed by atoms with Crippen LogP contribution in [-0.4, -0.2) is 24.3 Å². The summed E-state index contributed by atoms with van der Waals surface area (Å²) in [7, 11) is -3.50. The highest BCUT2D eigenvalue weighted by Gasteiger charge is 2.34. The first-order valence-electron chi connectivity index (χ1n) is 8.00. The Morgan fingerprint density at radius 3 is 2.04 bits per heavy atom. The zero-order chi connectivity index (χ0) is 17.8. The molecule has 1 N–H and O–H groups in total. The number of benzene rings is 2. The lowest BCUT2D eigenvalue weighted by atomic mass is 9.87. The summed E-state index contributed by atoms with van der Waals surface area (Å²) in [6.45, 7) is 0. The van der Waals surface area contributed by atoms with Crippen molar-refractivity contribution < 1.29 is 13.5 Å². The average molecular weight is 353 g/mol. The van der Waals surface area contributed by atoms with Crippen molar-refractivity contribution >= 4 is 9.84 Å². The van der Waals surface area contributed by atoms with Crippen molar-refractivity contribution in [3.05, 3.63) is 96.3 Å². The van der Waals surface area contributed by atoms with E-state index in [0.717, 1.165) is 0 Å². The summed E-state index contributed by atoms with van der Waals surface area (Å²) in [6.07, 6.45) is 1.61. The Kier molecular flexibility index (Phi) is 4.97. The molecular formula is C20H19NO3S. The predicted octanol–water partition coefficient (Wildman–Crippen LogP) is 3.18. The lowest BCUT2D eigenvalue weighted by molar-refractivity contribution is 0.0727. The minimum absolute atomic E-state index is 0.0191. The van der Waals surface area contributed by atoms with Crippen LogP contribution in [0.15, 0.2) is 90.0 Å². The van der Waals surface area contributed by atoms with Gasteiger partial charge in [0.1, 0.15) is 5.60 Å². The van der Waals surface area contributed by atoms with Gasteiger partial charge in [-0.15, -0.1) is 0 Å². The first-order chi connectivity index (χ1) is 12.0. The van der Waals surface area contributed by atoms with Crippen LogP contribution in [0.5, 0.6) is 0 Å². The Bertz CT molecular complexity index is 871. The van der Waals surface area contributed by atoms with E-state index in [2.05, 4.69) is 4.98 Å². The molecule has 0 amide bonds. The van der Waals surface area contributed by atoms with E-state index < -0.39 is 15.4 Å². The molecule has 0 aliphatic heterocycles. The topological polar surface area (TPSA) is 67.3 Å². The second kappa shape index (κ2) is 7.17. The van der Waals surface area contributed by atoms with E-state index in [0.29, 0.717) is 11.3 Å². The molecule has 1 aromatic heterocycles. The first-order valence-corrected chi connectivity index (χ1v) is 9.65. The van der Waals surface area contributed by atoms with Gasteiger partial charge in [0.2, 0.25) is 0 Å². The van der Waals surface area contributed by atoms with E-state index in [9.17, 15) is 13.5 Å². The summed E-state index contributed by atoms with van der Waals surface area (Å²) in [6, 6.07) is 22.6. The van der Waals surface area contributed by atoms with Gasteiger partial charge in [0, 0.05) is 12.6 Å². The van der Waals surface area contributed by atoms with Gasteiger partial charge < -0.3 is 5.11 Å². The fourth-order valence-electron chi connectivity index (χ4n) is 2.77. The van der Waals surface area contributed by atoms with E-state index in [1.165, 1.54) is 0 Å². The maximum atomic E-state index is 12.6. The van der Waals surface area contributed by atoms with Crippen molar-refractivity contribution in [2.24, 2.45) is 0 Å². The highest BCUT2D eigenvalue weighted by molar-refractivity contribution is 7.91. The van der Waals surface area contributed by atoms with Gasteiger partial charge in [0.05, 0.1) is 16.3 Å².